The van der Waals surface area contributed by atoms with Gasteiger partial charge in [-0.05, 0) is 6.07 Å². The van der Waals surface area contributed by atoms with E-state index >= 15 is 0 Å². The molecule has 2 aromatic heterocycles. The third kappa shape index (κ3) is 1.73. The van der Waals surface area contributed by atoms with E-state index in [1.807, 2.05) is 0 Å². The number of sulfonamides is 1. The van der Waals surface area contributed by atoms with E-state index < -0.39 is 10.0 Å². The number of hydrogen-bond acceptors (Lipinski definition) is 6. The SMILES string of the molecule is Nc1c(S(N)(=O)=O)cnn1-c1ncccn1. The van der Waals surface area contributed by atoms with Gasteiger partial charge in [0.05, 0.1) is 6.20 Å². The molecule has 0 amide bonds. The Labute approximate surface area is 91.0 Å². The highest BCUT2D eigenvalue weighted by Gasteiger charge is 2.18. The smallest absolute Gasteiger partial charge is 0.252 e. The average Bonchev–Trinajstić information content (AvgIpc) is 2.61. The zero-order chi connectivity index (χ0) is 11.8. The Hall–Kier alpha value is -2.00. The lowest BCUT2D eigenvalue weighted by atomic mass is 10.6. The van der Waals surface area contributed by atoms with E-state index in [9.17, 15) is 8.42 Å². The summed E-state index contributed by atoms with van der Waals surface area (Å²) in [6, 6.07) is 1.61. The second-order valence-corrected chi connectivity index (χ2v) is 4.43. The Morgan fingerprint density at radius 2 is 1.88 bits per heavy atom. The fourth-order valence-corrected chi connectivity index (χ4v) is 1.69. The second kappa shape index (κ2) is 3.54. The van der Waals surface area contributed by atoms with E-state index in [1.165, 1.54) is 12.4 Å². The molecule has 84 valence electrons. The number of aromatic nitrogens is 4. The van der Waals surface area contributed by atoms with E-state index in [0.717, 1.165) is 10.9 Å². The lowest BCUT2D eigenvalue weighted by Crippen LogP contribution is -2.14. The molecule has 0 aliphatic heterocycles. The standard InChI is InChI=1S/C7H8N6O2S/c8-6-5(16(9,14)15)4-12-13(6)7-10-2-1-3-11-7/h1-4H,8H2,(H2,9,14,15). The minimum absolute atomic E-state index is 0.117. The van der Waals surface area contributed by atoms with Crippen molar-refractivity contribution in [1.82, 2.24) is 19.7 Å². The van der Waals surface area contributed by atoms with Crippen molar-refractivity contribution in [2.75, 3.05) is 5.73 Å². The summed E-state index contributed by atoms with van der Waals surface area (Å²) in [6.45, 7) is 0. The van der Waals surface area contributed by atoms with Gasteiger partial charge in [0.15, 0.2) is 5.82 Å². The molecule has 0 aliphatic carbocycles. The highest BCUT2D eigenvalue weighted by Crippen LogP contribution is 2.17. The number of rotatable bonds is 2. The Kier molecular flexibility index (Phi) is 2.33. The number of hydrogen-bond donors (Lipinski definition) is 2. The molecule has 16 heavy (non-hydrogen) atoms. The van der Waals surface area contributed by atoms with E-state index in [0.29, 0.717) is 0 Å². The molecule has 8 nitrogen and oxygen atoms in total. The molecule has 2 rings (SSSR count). The molecule has 0 unspecified atom stereocenters. The van der Waals surface area contributed by atoms with Crippen LogP contribution in [0.5, 0.6) is 0 Å². The van der Waals surface area contributed by atoms with Crippen LogP contribution < -0.4 is 10.9 Å². The summed E-state index contributed by atoms with van der Waals surface area (Å²) in [5.74, 6) is 0.0589. The number of nitrogen functional groups attached to an aromatic ring is 1. The van der Waals surface area contributed by atoms with Crippen LogP contribution in [0.1, 0.15) is 0 Å². The maximum atomic E-state index is 11.1. The summed E-state index contributed by atoms with van der Waals surface area (Å²) in [4.78, 5) is 7.51. The van der Waals surface area contributed by atoms with Gasteiger partial charge >= 0.3 is 0 Å². The van der Waals surface area contributed by atoms with E-state index in [-0.39, 0.29) is 16.7 Å². The summed E-state index contributed by atoms with van der Waals surface area (Å²) in [7, 11) is -3.88. The molecule has 0 saturated heterocycles. The van der Waals surface area contributed by atoms with Crippen LogP contribution in [-0.4, -0.2) is 28.2 Å². The van der Waals surface area contributed by atoms with Crippen molar-refractivity contribution in [3.63, 3.8) is 0 Å². The van der Waals surface area contributed by atoms with Gasteiger partial charge in [-0.2, -0.15) is 9.78 Å². The van der Waals surface area contributed by atoms with Crippen LogP contribution in [0, 0.1) is 0 Å². The van der Waals surface area contributed by atoms with Crippen LogP contribution in [0.25, 0.3) is 5.95 Å². The monoisotopic (exact) mass is 240 g/mol. The topological polar surface area (TPSA) is 130 Å². The summed E-state index contributed by atoms with van der Waals surface area (Å²) in [5.41, 5.74) is 5.58. The fourth-order valence-electron chi connectivity index (χ4n) is 1.12. The number of nitrogens with zero attached hydrogens (tertiary/aromatic N) is 4. The van der Waals surface area contributed by atoms with Crippen molar-refractivity contribution in [3.05, 3.63) is 24.7 Å². The maximum Gasteiger partial charge on any atom is 0.252 e. The highest BCUT2D eigenvalue weighted by atomic mass is 32.2. The van der Waals surface area contributed by atoms with Crippen LogP contribution in [0.4, 0.5) is 5.82 Å². The van der Waals surface area contributed by atoms with Gasteiger partial charge in [-0.3, -0.25) is 0 Å². The molecule has 0 aliphatic rings. The molecule has 0 saturated carbocycles. The van der Waals surface area contributed by atoms with Gasteiger partial charge in [-0.15, -0.1) is 0 Å². The largest absolute Gasteiger partial charge is 0.382 e. The van der Waals surface area contributed by atoms with Gasteiger partial charge in [-0.1, -0.05) is 0 Å². The van der Waals surface area contributed by atoms with Crippen LogP contribution in [-0.2, 0) is 10.0 Å². The van der Waals surface area contributed by atoms with Gasteiger partial charge in [0, 0.05) is 12.4 Å². The molecular formula is C7H8N6O2S. The van der Waals surface area contributed by atoms with E-state index in [2.05, 4.69) is 15.1 Å². The van der Waals surface area contributed by atoms with Crippen molar-refractivity contribution in [2.45, 2.75) is 4.90 Å². The molecule has 9 heteroatoms. The molecule has 0 atom stereocenters. The molecule has 0 radical (unpaired) electrons. The van der Waals surface area contributed by atoms with Gasteiger partial charge in [0.2, 0.25) is 10.0 Å². The van der Waals surface area contributed by atoms with Crippen LogP contribution in [0.2, 0.25) is 0 Å². The van der Waals surface area contributed by atoms with Gasteiger partial charge < -0.3 is 5.73 Å². The number of anilines is 1. The minimum Gasteiger partial charge on any atom is -0.382 e. The zero-order valence-corrected chi connectivity index (χ0v) is 8.79. The Bertz CT molecular complexity index is 605. The van der Waals surface area contributed by atoms with E-state index in [1.54, 1.807) is 6.07 Å². The Morgan fingerprint density at radius 1 is 1.25 bits per heavy atom. The molecule has 2 heterocycles. The van der Waals surface area contributed by atoms with Crippen molar-refractivity contribution >= 4 is 15.8 Å². The lowest BCUT2D eigenvalue weighted by molar-refractivity contribution is 0.598. The summed E-state index contributed by atoms with van der Waals surface area (Å²) in [5, 5.41) is 8.71. The predicted molar refractivity (Wildman–Crippen MR) is 54.9 cm³/mol. The zero-order valence-electron chi connectivity index (χ0n) is 7.98. The molecule has 0 fully saturated rings. The van der Waals surface area contributed by atoms with Gasteiger partial charge in [0.1, 0.15) is 4.90 Å². The van der Waals surface area contributed by atoms with Crippen molar-refractivity contribution < 1.29 is 8.42 Å². The minimum atomic E-state index is -3.88. The average molecular weight is 240 g/mol. The normalized spacial score (nSPS) is 11.6. The third-order valence-electron chi connectivity index (χ3n) is 1.82. The Morgan fingerprint density at radius 3 is 2.38 bits per heavy atom. The van der Waals surface area contributed by atoms with Crippen molar-refractivity contribution in [3.8, 4) is 5.95 Å². The number of primary sulfonamides is 1. The van der Waals surface area contributed by atoms with Crippen molar-refractivity contribution in [2.24, 2.45) is 5.14 Å². The van der Waals surface area contributed by atoms with Crippen LogP contribution in [0.3, 0.4) is 0 Å². The highest BCUT2D eigenvalue weighted by molar-refractivity contribution is 7.89. The first-order valence-corrected chi connectivity index (χ1v) is 5.68. The molecule has 0 spiro atoms. The Balaban J connectivity index is 2.59. The van der Waals surface area contributed by atoms with Gasteiger partial charge in [-0.25, -0.2) is 23.5 Å². The first-order valence-electron chi connectivity index (χ1n) is 4.14. The van der Waals surface area contributed by atoms with E-state index in [4.69, 9.17) is 10.9 Å². The molecule has 0 aromatic carbocycles. The predicted octanol–water partition coefficient (Wildman–Crippen LogP) is -1.11. The summed E-state index contributed by atoms with van der Waals surface area (Å²) in [6.07, 6.45) is 4.03. The number of nitrogens with two attached hydrogens (primary N) is 2. The first-order chi connectivity index (χ1) is 7.50. The van der Waals surface area contributed by atoms with Crippen LogP contribution in [0.15, 0.2) is 29.6 Å². The summed E-state index contributed by atoms with van der Waals surface area (Å²) >= 11 is 0. The lowest BCUT2D eigenvalue weighted by Gasteiger charge is -2.01. The first kappa shape index (κ1) is 10.5. The summed E-state index contributed by atoms with van der Waals surface area (Å²) < 4.78 is 23.3. The molecule has 0 bridgehead atoms. The van der Waals surface area contributed by atoms with Gasteiger partial charge in [0.25, 0.3) is 5.95 Å². The molecule has 4 N–H and O–H groups in total. The van der Waals surface area contributed by atoms with Crippen molar-refractivity contribution in [1.29, 1.82) is 0 Å². The third-order valence-corrected chi connectivity index (χ3v) is 2.75. The fraction of sp³-hybridized carbons (Fsp3) is 0. The maximum absolute atomic E-state index is 11.1. The molecule has 2 aromatic rings. The van der Waals surface area contributed by atoms with Crippen LogP contribution >= 0.6 is 0 Å². The second-order valence-electron chi connectivity index (χ2n) is 2.90. The molecular weight excluding hydrogens is 232 g/mol. The quantitative estimate of drug-likeness (QED) is 0.684.